The molecular weight excluding hydrogens is 380 g/mol. The number of anilines is 2. The van der Waals surface area contributed by atoms with E-state index in [1.807, 2.05) is 18.2 Å². The molecule has 148 valence electrons. The second-order valence-electron chi connectivity index (χ2n) is 6.57. The van der Waals surface area contributed by atoms with Crippen molar-refractivity contribution < 1.29 is 14.7 Å². The number of amides is 2. The molecule has 0 aliphatic carbocycles. The lowest BCUT2D eigenvalue weighted by atomic mass is 10.1. The predicted octanol–water partition coefficient (Wildman–Crippen LogP) is 3.20. The Hall–Kier alpha value is -4.26. The number of hydrogen-bond acceptors (Lipinski definition) is 5. The minimum atomic E-state index is -0.408. The molecule has 7 nitrogen and oxygen atoms in total. The summed E-state index contributed by atoms with van der Waals surface area (Å²) in [4.78, 5) is 26.8. The van der Waals surface area contributed by atoms with E-state index in [9.17, 15) is 14.7 Å². The lowest BCUT2D eigenvalue weighted by Gasteiger charge is -2.16. The summed E-state index contributed by atoms with van der Waals surface area (Å²) < 4.78 is 0. The van der Waals surface area contributed by atoms with Crippen LogP contribution in [0.15, 0.2) is 89.1 Å². The molecule has 3 aromatic rings. The van der Waals surface area contributed by atoms with Crippen LogP contribution in [0.3, 0.4) is 0 Å². The maximum atomic E-state index is 13.0. The van der Waals surface area contributed by atoms with Crippen molar-refractivity contribution >= 4 is 35.1 Å². The molecular formula is C23H18N4O3. The van der Waals surface area contributed by atoms with E-state index in [1.165, 1.54) is 17.2 Å². The van der Waals surface area contributed by atoms with Gasteiger partial charge in [-0.25, -0.2) is 0 Å². The Morgan fingerprint density at radius 3 is 2.47 bits per heavy atom. The van der Waals surface area contributed by atoms with Crippen LogP contribution in [-0.2, 0) is 9.59 Å². The summed E-state index contributed by atoms with van der Waals surface area (Å²) in [5.74, 6) is -0.657. The number of carbonyl (C=O) groups excluding carboxylic acids is 2. The van der Waals surface area contributed by atoms with Crippen molar-refractivity contribution in [2.45, 2.75) is 0 Å². The second kappa shape index (κ2) is 8.40. The molecule has 0 radical (unpaired) electrons. The van der Waals surface area contributed by atoms with Gasteiger partial charge in [0.05, 0.1) is 11.9 Å². The summed E-state index contributed by atoms with van der Waals surface area (Å²) in [6, 6.07) is 22.8. The van der Waals surface area contributed by atoms with Crippen LogP contribution in [0.2, 0.25) is 0 Å². The van der Waals surface area contributed by atoms with Gasteiger partial charge in [-0.15, -0.1) is 5.10 Å². The number of nitrogens with one attached hydrogen (secondary N) is 1. The summed E-state index contributed by atoms with van der Waals surface area (Å²) in [7, 11) is 0. The molecule has 3 aromatic carbocycles. The first-order valence-electron chi connectivity index (χ1n) is 9.28. The Labute approximate surface area is 173 Å². The third-order valence-corrected chi connectivity index (χ3v) is 4.55. The zero-order valence-corrected chi connectivity index (χ0v) is 15.9. The zero-order chi connectivity index (χ0) is 20.9. The Morgan fingerprint density at radius 1 is 0.967 bits per heavy atom. The molecule has 1 aliphatic rings. The minimum absolute atomic E-state index is 0.0683. The monoisotopic (exact) mass is 398 g/mol. The van der Waals surface area contributed by atoms with Gasteiger partial charge in [-0.1, -0.05) is 48.5 Å². The van der Waals surface area contributed by atoms with E-state index < -0.39 is 5.91 Å². The summed E-state index contributed by atoms with van der Waals surface area (Å²) in [6.45, 7) is -0.146. The van der Waals surface area contributed by atoms with E-state index in [-0.39, 0.29) is 23.9 Å². The van der Waals surface area contributed by atoms with Crippen LogP contribution in [0.5, 0.6) is 5.75 Å². The van der Waals surface area contributed by atoms with E-state index in [1.54, 1.807) is 54.6 Å². The van der Waals surface area contributed by atoms with Crippen LogP contribution in [0.25, 0.3) is 0 Å². The summed E-state index contributed by atoms with van der Waals surface area (Å²) in [5.41, 5.74) is 2.49. The van der Waals surface area contributed by atoms with Gasteiger partial charge in [0.1, 0.15) is 12.3 Å². The van der Waals surface area contributed by atoms with Crippen molar-refractivity contribution in [2.24, 2.45) is 10.2 Å². The van der Waals surface area contributed by atoms with E-state index in [2.05, 4.69) is 15.5 Å². The highest BCUT2D eigenvalue weighted by molar-refractivity contribution is 6.54. The number of phenols is 1. The molecule has 0 spiro atoms. The molecule has 1 heterocycles. The number of benzene rings is 3. The van der Waals surface area contributed by atoms with Gasteiger partial charge >= 0.3 is 0 Å². The maximum absolute atomic E-state index is 13.0. The minimum Gasteiger partial charge on any atom is -0.507 e. The molecule has 7 heteroatoms. The molecule has 0 fully saturated rings. The van der Waals surface area contributed by atoms with E-state index in [0.29, 0.717) is 22.5 Å². The quantitative estimate of drug-likeness (QED) is 0.510. The number of fused-ring (bicyclic) bond motifs is 1. The molecule has 0 bridgehead atoms. The Bertz CT molecular complexity index is 1160. The number of aromatic hydroxyl groups is 1. The first-order valence-corrected chi connectivity index (χ1v) is 9.28. The first kappa shape index (κ1) is 19.1. The van der Waals surface area contributed by atoms with Crippen LogP contribution in [0.1, 0.15) is 11.1 Å². The number of para-hydroxylation sites is 3. The fourth-order valence-corrected chi connectivity index (χ4v) is 3.13. The average Bonchev–Trinajstić information content (AvgIpc) is 3.02. The molecule has 0 saturated carbocycles. The molecule has 30 heavy (non-hydrogen) atoms. The van der Waals surface area contributed by atoms with Crippen molar-refractivity contribution in [3.8, 4) is 5.75 Å². The molecule has 1 aliphatic heterocycles. The Morgan fingerprint density at radius 2 is 1.67 bits per heavy atom. The topological polar surface area (TPSA) is 94.4 Å². The molecule has 2 N–H and O–H groups in total. The smallest absolute Gasteiger partial charge is 0.279 e. The van der Waals surface area contributed by atoms with Gasteiger partial charge < -0.3 is 10.4 Å². The van der Waals surface area contributed by atoms with Crippen molar-refractivity contribution in [1.29, 1.82) is 0 Å². The van der Waals surface area contributed by atoms with Crippen LogP contribution in [0, 0.1) is 0 Å². The van der Waals surface area contributed by atoms with Crippen LogP contribution < -0.4 is 10.2 Å². The number of phenolic OH excluding ortho intramolecular Hbond substituents is 1. The van der Waals surface area contributed by atoms with Gasteiger partial charge in [0.15, 0.2) is 5.71 Å². The fraction of sp³-hybridized carbons (Fsp3) is 0.0435. The van der Waals surface area contributed by atoms with E-state index >= 15 is 0 Å². The van der Waals surface area contributed by atoms with Gasteiger partial charge in [0.2, 0.25) is 5.91 Å². The molecule has 0 saturated heterocycles. The molecule has 0 aromatic heterocycles. The van der Waals surface area contributed by atoms with Crippen molar-refractivity contribution in [3.05, 3.63) is 90.0 Å². The number of nitrogens with zero attached hydrogens (tertiary/aromatic N) is 3. The standard InChI is InChI=1S/C23H18N4O3/c28-20-13-7-4-8-16(20)14-24-26-22-18-11-5-6-12-19(18)27(23(22)30)15-21(29)25-17-9-2-1-3-10-17/h1-14,28H,15H2,(H,25,29)/b24-14+,26-22-. The highest BCUT2D eigenvalue weighted by Gasteiger charge is 2.35. The predicted molar refractivity (Wildman–Crippen MR) is 116 cm³/mol. The third-order valence-electron chi connectivity index (χ3n) is 4.55. The molecule has 4 rings (SSSR count). The van der Waals surface area contributed by atoms with Gasteiger partial charge in [-0.3, -0.25) is 14.5 Å². The molecule has 0 unspecified atom stereocenters. The Kier molecular flexibility index (Phi) is 5.34. The largest absolute Gasteiger partial charge is 0.507 e. The highest BCUT2D eigenvalue weighted by Crippen LogP contribution is 2.29. The Balaban J connectivity index is 1.56. The summed E-state index contributed by atoms with van der Waals surface area (Å²) >= 11 is 0. The van der Waals surface area contributed by atoms with Crippen molar-refractivity contribution in [2.75, 3.05) is 16.8 Å². The second-order valence-corrected chi connectivity index (χ2v) is 6.57. The lowest BCUT2D eigenvalue weighted by molar-refractivity contribution is -0.118. The van der Waals surface area contributed by atoms with E-state index in [4.69, 9.17) is 0 Å². The maximum Gasteiger partial charge on any atom is 0.279 e. The normalized spacial score (nSPS) is 14.3. The molecule has 2 amide bonds. The van der Waals surface area contributed by atoms with Gasteiger partial charge in [0, 0.05) is 16.8 Å². The SMILES string of the molecule is O=C(CN1C(=O)/C(=N\N=C\c2ccccc2O)c2ccccc21)Nc1ccccc1. The lowest BCUT2D eigenvalue weighted by Crippen LogP contribution is -2.37. The zero-order valence-electron chi connectivity index (χ0n) is 15.9. The summed E-state index contributed by atoms with van der Waals surface area (Å²) in [6.07, 6.45) is 1.38. The van der Waals surface area contributed by atoms with E-state index in [0.717, 1.165) is 0 Å². The number of carbonyl (C=O) groups is 2. The highest BCUT2D eigenvalue weighted by atomic mass is 16.3. The van der Waals surface area contributed by atoms with Gasteiger partial charge in [0.25, 0.3) is 5.91 Å². The third kappa shape index (κ3) is 3.95. The number of rotatable bonds is 5. The molecule has 0 atom stereocenters. The fourth-order valence-electron chi connectivity index (χ4n) is 3.13. The van der Waals surface area contributed by atoms with Crippen LogP contribution in [-0.4, -0.2) is 35.4 Å². The average molecular weight is 398 g/mol. The van der Waals surface area contributed by atoms with Crippen LogP contribution >= 0.6 is 0 Å². The van der Waals surface area contributed by atoms with Gasteiger partial charge in [-0.05, 0) is 30.3 Å². The van der Waals surface area contributed by atoms with Crippen molar-refractivity contribution in [1.82, 2.24) is 0 Å². The number of hydrogen-bond donors (Lipinski definition) is 2. The van der Waals surface area contributed by atoms with Gasteiger partial charge in [-0.2, -0.15) is 5.10 Å². The summed E-state index contributed by atoms with van der Waals surface area (Å²) in [5, 5.41) is 20.6. The van der Waals surface area contributed by atoms with Crippen molar-refractivity contribution in [3.63, 3.8) is 0 Å². The van der Waals surface area contributed by atoms with Crippen LogP contribution in [0.4, 0.5) is 11.4 Å². The first-order chi connectivity index (χ1) is 14.6.